The quantitative estimate of drug-likeness (QED) is 0.220. The summed E-state index contributed by atoms with van der Waals surface area (Å²) in [6.07, 6.45) is 1.37. The number of benzene rings is 3. The van der Waals surface area contributed by atoms with Crippen LogP contribution in [-0.4, -0.2) is 33.1 Å². The van der Waals surface area contributed by atoms with E-state index in [-0.39, 0.29) is 4.90 Å². The van der Waals surface area contributed by atoms with Gasteiger partial charge in [0.2, 0.25) is 10.0 Å². The number of hydrazone groups is 1. The molecule has 0 saturated heterocycles. The summed E-state index contributed by atoms with van der Waals surface area (Å²) in [5, 5.41) is 4.22. The molecule has 0 fully saturated rings. The number of ether oxygens (including phenoxy) is 1. The molecule has 0 aliphatic rings. The van der Waals surface area contributed by atoms with Gasteiger partial charge in [0.25, 0.3) is 5.91 Å². The monoisotopic (exact) mass is 485 g/mol. The van der Waals surface area contributed by atoms with Crippen molar-refractivity contribution in [2.75, 3.05) is 6.54 Å². The van der Waals surface area contributed by atoms with Gasteiger partial charge in [-0.15, -0.1) is 0 Å². The number of hydrogen-bond acceptors (Lipinski definition) is 6. The second kappa shape index (κ2) is 10.9. The fourth-order valence-corrected chi connectivity index (χ4v) is 3.76. The Morgan fingerprint density at radius 1 is 1.03 bits per heavy atom. The Labute approximate surface area is 196 Å². The summed E-state index contributed by atoms with van der Waals surface area (Å²) < 4.78 is 31.9. The van der Waals surface area contributed by atoms with Crippen LogP contribution in [0.25, 0.3) is 0 Å². The number of halogens is 1. The number of aryl methyl sites for hydroxylation is 1. The molecule has 0 spiro atoms. The summed E-state index contributed by atoms with van der Waals surface area (Å²) in [4.78, 5) is 24.1. The highest BCUT2D eigenvalue weighted by atomic mass is 35.5. The zero-order chi connectivity index (χ0) is 23.8. The van der Waals surface area contributed by atoms with Crippen LogP contribution in [0.4, 0.5) is 0 Å². The van der Waals surface area contributed by atoms with Crippen molar-refractivity contribution >= 4 is 39.7 Å². The minimum absolute atomic E-state index is 0.0700. The van der Waals surface area contributed by atoms with Crippen LogP contribution >= 0.6 is 11.6 Å². The van der Waals surface area contributed by atoms with E-state index in [1.165, 1.54) is 24.4 Å². The predicted octanol–water partition coefficient (Wildman–Crippen LogP) is 3.30. The Hall–Kier alpha value is -3.53. The van der Waals surface area contributed by atoms with Gasteiger partial charge in [0, 0.05) is 5.02 Å². The minimum Gasteiger partial charge on any atom is -0.423 e. The molecule has 10 heteroatoms. The summed E-state index contributed by atoms with van der Waals surface area (Å²) in [5.41, 5.74) is 4.12. The van der Waals surface area contributed by atoms with Crippen molar-refractivity contribution in [2.24, 2.45) is 5.10 Å². The first-order chi connectivity index (χ1) is 15.7. The molecular weight excluding hydrogens is 466 g/mol. The summed E-state index contributed by atoms with van der Waals surface area (Å²) in [6.45, 7) is 1.38. The van der Waals surface area contributed by atoms with Crippen LogP contribution in [0.3, 0.4) is 0 Å². The zero-order valence-corrected chi connectivity index (χ0v) is 19.1. The first kappa shape index (κ1) is 24.1. The van der Waals surface area contributed by atoms with E-state index in [9.17, 15) is 18.0 Å². The highest BCUT2D eigenvalue weighted by Gasteiger charge is 2.15. The Morgan fingerprint density at radius 3 is 2.39 bits per heavy atom. The van der Waals surface area contributed by atoms with E-state index in [4.69, 9.17) is 16.3 Å². The van der Waals surface area contributed by atoms with Crippen LogP contribution in [0.2, 0.25) is 5.02 Å². The third kappa shape index (κ3) is 7.25. The van der Waals surface area contributed by atoms with Crippen LogP contribution < -0.4 is 14.9 Å². The maximum Gasteiger partial charge on any atom is 0.343 e. The molecule has 0 radical (unpaired) electrons. The molecule has 0 aliphatic heterocycles. The first-order valence-corrected chi connectivity index (χ1v) is 11.5. The van der Waals surface area contributed by atoms with Crippen LogP contribution in [0.5, 0.6) is 5.75 Å². The Morgan fingerprint density at radius 2 is 1.73 bits per heavy atom. The van der Waals surface area contributed by atoms with Crippen LogP contribution in [0.1, 0.15) is 21.5 Å². The van der Waals surface area contributed by atoms with E-state index in [2.05, 4.69) is 15.2 Å². The molecule has 3 aromatic carbocycles. The van der Waals surface area contributed by atoms with E-state index in [1.807, 2.05) is 6.92 Å². The maximum absolute atomic E-state index is 12.2. The molecule has 0 heterocycles. The summed E-state index contributed by atoms with van der Waals surface area (Å²) in [7, 11) is -3.80. The standard InChI is InChI=1S/C23H20ClN3O5S/c1-16-5-11-21(12-6-16)33(30,31)26-15-22(28)27-25-14-17-7-9-20(10-8-17)32-23(29)18-3-2-4-19(24)13-18/h2-14,26H,15H2,1H3,(H,27,28)/b25-14+. The molecule has 0 unspecified atom stereocenters. The average Bonchev–Trinajstić information content (AvgIpc) is 2.79. The number of rotatable bonds is 8. The van der Waals surface area contributed by atoms with Crippen molar-refractivity contribution in [1.82, 2.24) is 10.1 Å². The van der Waals surface area contributed by atoms with Gasteiger partial charge in [-0.2, -0.15) is 5.10 Å². The van der Waals surface area contributed by atoms with Crippen molar-refractivity contribution in [3.63, 3.8) is 0 Å². The van der Waals surface area contributed by atoms with Crippen molar-refractivity contribution in [2.45, 2.75) is 11.8 Å². The van der Waals surface area contributed by atoms with Crippen LogP contribution in [0.15, 0.2) is 82.8 Å². The molecule has 3 aromatic rings. The van der Waals surface area contributed by atoms with Gasteiger partial charge in [-0.3, -0.25) is 4.79 Å². The third-order valence-corrected chi connectivity index (χ3v) is 5.96. The molecule has 8 nitrogen and oxygen atoms in total. The third-order valence-electron chi connectivity index (χ3n) is 4.31. The minimum atomic E-state index is -3.80. The fourth-order valence-electron chi connectivity index (χ4n) is 2.58. The van der Waals surface area contributed by atoms with Gasteiger partial charge in [0.15, 0.2) is 0 Å². The van der Waals surface area contributed by atoms with Gasteiger partial charge in [-0.05, 0) is 67.1 Å². The van der Waals surface area contributed by atoms with Gasteiger partial charge in [-0.1, -0.05) is 35.4 Å². The molecule has 1 amide bonds. The van der Waals surface area contributed by atoms with E-state index in [1.54, 1.807) is 54.6 Å². The highest BCUT2D eigenvalue weighted by Crippen LogP contribution is 2.16. The molecule has 33 heavy (non-hydrogen) atoms. The number of carbonyl (C=O) groups is 2. The number of amides is 1. The molecule has 0 aliphatic carbocycles. The molecule has 0 atom stereocenters. The lowest BCUT2D eigenvalue weighted by molar-refractivity contribution is -0.119. The van der Waals surface area contributed by atoms with Crippen molar-refractivity contribution in [3.8, 4) is 5.75 Å². The molecule has 0 saturated carbocycles. The fraction of sp³-hybridized carbons (Fsp3) is 0.0870. The number of hydrogen-bond donors (Lipinski definition) is 2. The molecule has 170 valence electrons. The first-order valence-electron chi connectivity index (χ1n) is 9.69. The van der Waals surface area contributed by atoms with Gasteiger partial charge < -0.3 is 4.74 Å². The smallest absolute Gasteiger partial charge is 0.343 e. The number of esters is 1. The van der Waals surface area contributed by atoms with Crippen LogP contribution in [-0.2, 0) is 14.8 Å². The summed E-state index contributed by atoms with van der Waals surface area (Å²) in [5.74, 6) is -0.847. The normalized spacial score (nSPS) is 11.3. The molecule has 0 aromatic heterocycles. The van der Waals surface area contributed by atoms with Crippen molar-refractivity contribution in [1.29, 1.82) is 0 Å². The van der Waals surface area contributed by atoms with Gasteiger partial charge in [0.1, 0.15) is 5.75 Å². The molecular formula is C23H20ClN3O5S. The Balaban J connectivity index is 1.48. The Kier molecular flexibility index (Phi) is 7.94. The van der Waals surface area contributed by atoms with Crippen molar-refractivity contribution in [3.05, 3.63) is 94.5 Å². The topological polar surface area (TPSA) is 114 Å². The maximum atomic E-state index is 12.2. The number of nitrogens with zero attached hydrogens (tertiary/aromatic N) is 1. The highest BCUT2D eigenvalue weighted by molar-refractivity contribution is 7.89. The second-order valence-corrected chi connectivity index (χ2v) is 9.10. The summed E-state index contributed by atoms with van der Waals surface area (Å²) in [6, 6.07) is 19.1. The van der Waals surface area contributed by atoms with Gasteiger partial charge in [0.05, 0.1) is 23.2 Å². The van der Waals surface area contributed by atoms with E-state index in [0.717, 1.165) is 5.56 Å². The average molecular weight is 486 g/mol. The van der Waals surface area contributed by atoms with E-state index in [0.29, 0.717) is 21.9 Å². The molecule has 2 N–H and O–H groups in total. The SMILES string of the molecule is Cc1ccc(S(=O)(=O)NCC(=O)N/N=C/c2ccc(OC(=O)c3cccc(Cl)c3)cc2)cc1. The second-order valence-electron chi connectivity index (χ2n) is 6.90. The molecule has 3 rings (SSSR count). The Bertz CT molecular complexity index is 1270. The lowest BCUT2D eigenvalue weighted by atomic mass is 10.2. The number of nitrogens with one attached hydrogen (secondary N) is 2. The van der Waals surface area contributed by atoms with E-state index >= 15 is 0 Å². The zero-order valence-electron chi connectivity index (χ0n) is 17.5. The van der Waals surface area contributed by atoms with Crippen molar-refractivity contribution < 1.29 is 22.7 Å². The largest absolute Gasteiger partial charge is 0.423 e. The van der Waals surface area contributed by atoms with E-state index < -0.39 is 28.4 Å². The number of sulfonamides is 1. The van der Waals surface area contributed by atoms with Crippen LogP contribution in [0, 0.1) is 6.92 Å². The van der Waals surface area contributed by atoms with Gasteiger partial charge in [-0.25, -0.2) is 23.4 Å². The lowest BCUT2D eigenvalue weighted by Gasteiger charge is -2.06. The molecule has 0 bridgehead atoms. The predicted molar refractivity (Wildman–Crippen MR) is 125 cm³/mol. The number of carbonyl (C=O) groups excluding carboxylic acids is 2. The van der Waals surface area contributed by atoms with Gasteiger partial charge >= 0.3 is 5.97 Å². The lowest BCUT2D eigenvalue weighted by Crippen LogP contribution is -2.34. The summed E-state index contributed by atoms with van der Waals surface area (Å²) >= 11 is 5.87.